The summed E-state index contributed by atoms with van der Waals surface area (Å²) in [6.45, 7) is 2.63. The molecule has 1 aliphatic heterocycles. The molecule has 1 aromatic carbocycles. The summed E-state index contributed by atoms with van der Waals surface area (Å²) < 4.78 is 0. The number of aliphatic hydroxyl groups excluding tert-OH is 1. The van der Waals surface area contributed by atoms with Crippen molar-refractivity contribution < 1.29 is 5.11 Å². The molecule has 0 spiro atoms. The molecule has 88 valence electrons. The molecule has 3 heteroatoms. The van der Waals surface area contributed by atoms with Crippen molar-refractivity contribution >= 4 is 0 Å². The molecular weight excluding hydrogens is 200 g/mol. The summed E-state index contributed by atoms with van der Waals surface area (Å²) in [6, 6.07) is 7.98. The largest absolute Gasteiger partial charge is 0.388 e. The standard InChI is InChI=1S/C13H20N2O/c1-15-7-6-12(9-15)13(16)11-4-2-10(8-14)3-5-11/h2-5,12-13,16H,6-9,14H2,1H3. The van der Waals surface area contributed by atoms with E-state index >= 15 is 0 Å². The summed E-state index contributed by atoms with van der Waals surface area (Å²) in [5, 5.41) is 10.2. The number of hydrogen-bond acceptors (Lipinski definition) is 3. The van der Waals surface area contributed by atoms with E-state index in [9.17, 15) is 5.11 Å². The lowest BCUT2D eigenvalue weighted by Crippen LogP contribution is -2.18. The maximum absolute atomic E-state index is 10.2. The van der Waals surface area contributed by atoms with Crippen molar-refractivity contribution in [2.45, 2.75) is 19.1 Å². The predicted octanol–water partition coefficient (Wildman–Crippen LogP) is 1.13. The molecule has 3 N–H and O–H groups in total. The van der Waals surface area contributed by atoms with E-state index < -0.39 is 0 Å². The quantitative estimate of drug-likeness (QED) is 0.803. The van der Waals surface area contributed by atoms with E-state index in [1.165, 1.54) is 0 Å². The molecule has 1 aromatic rings. The Kier molecular flexibility index (Phi) is 3.59. The van der Waals surface area contributed by atoms with Crippen molar-refractivity contribution in [1.29, 1.82) is 0 Å². The molecule has 1 aliphatic rings. The molecule has 1 saturated heterocycles. The molecule has 2 unspecified atom stereocenters. The Bertz CT molecular complexity index is 336. The van der Waals surface area contributed by atoms with Crippen LogP contribution in [0.5, 0.6) is 0 Å². The van der Waals surface area contributed by atoms with Crippen molar-refractivity contribution in [3.8, 4) is 0 Å². The van der Waals surface area contributed by atoms with Crippen molar-refractivity contribution in [3.05, 3.63) is 35.4 Å². The molecule has 1 fully saturated rings. The minimum absolute atomic E-state index is 0.336. The maximum atomic E-state index is 10.2. The second kappa shape index (κ2) is 4.95. The average molecular weight is 220 g/mol. The monoisotopic (exact) mass is 220 g/mol. The Balaban J connectivity index is 2.05. The first-order valence-electron chi connectivity index (χ1n) is 5.86. The minimum Gasteiger partial charge on any atom is -0.388 e. The van der Waals surface area contributed by atoms with Gasteiger partial charge in [0.2, 0.25) is 0 Å². The Hall–Kier alpha value is -0.900. The highest BCUT2D eigenvalue weighted by Crippen LogP contribution is 2.29. The molecule has 16 heavy (non-hydrogen) atoms. The number of rotatable bonds is 3. The molecule has 3 nitrogen and oxygen atoms in total. The van der Waals surface area contributed by atoms with Crippen LogP contribution in [0.1, 0.15) is 23.7 Å². The van der Waals surface area contributed by atoms with Gasteiger partial charge in [0.25, 0.3) is 0 Å². The van der Waals surface area contributed by atoms with Crippen LogP contribution in [0, 0.1) is 5.92 Å². The molecule has 0 bridgehead atoms. The van der Waals surface area contributed by atoms with E-state index in [0.717, 1.165) is 30.6 Å². The lowest BCUT2D eigenvalue weighted by Gasteiger charge is -2.18. The van der Waals surface area contributed by atoms with Crippen LogP contribution in [0.3, 0.4) is 0 Å². The second-order valence-electron chi connectivity index (χ2n) is 4.70. The van der Waals surface area contributed by atoms with Gasteiger partial charge in [-0.3, -0.25) is 0 Å². The van der Waals surface area contributed by atoms with E-state index in [0.29, 0.717) is 12.5 Å². The van der Waals surface area contributed by atoms with Crippen LogP contribution in [-0.2, 0) is 6.54 Å². The highest BCUT2D eigenvalue weighted by atomic mass is 16.3. The van der Waals surface area contributed by atoms with Gasteiger partial charge in [0.1, 0.15) is 0 Å². The van der Waals surface area contributed by atoms with Gasteiger partial charge in [0, 0.05) is 19.0 Å². The SMILES string of the molecule is CN1CCC(C(O)c2ccc(CN)cc2)C1. The summed E-state index contributed by atoms with van der Waals surface area (Å²) in [6.07, 6.45) is 0.743. The average Bonchev–Trinajstić information content (AvgIpc) is 2.75. The minimum atomic E-state index is -0.336. The molecule has 0 saturated carbocycles. The molecule has 0 radical (unpaired) electrons. The summed E-state index contributed by atoms with van der Waals surface area (Å²) in [5.74, 6) is 0.369. The molecule has 0 aromatic heterocycles. The van der Waals surface area contributed by atoms with Crippen molar-refractivity contribution in [2.75, 3.05) is 20.1 Å². The van der Waals surface area contributed by atoms with Gasteiger partial charge in [-0.25, -0.2) is 0 Å². The Morgan fingerprint density at radius 2 is 2.12 bits per heavy atom. The fourth-order valence-electron chi connectivity index (χ4n) is 2.35. The molecule has 0 aliphatic carbocycles. The zero-order valence-electron chi connectivity index (χ0n) is 9.76. The van der Waals surface area contributed by atoms with Crippen molar-refractivity contribution in [1.82, 2.24) is 4.90 Å². The highest BCUT2D eigenvalue weighted by molar-refractivity contribution is 5.24. The van der Waals surface area contributed by atoms with E-state index in [2.05, 4.69) is 11.9 Å². The first-order chi connectivity index (χ1) is 7.70. The van der Waals surface area contributed by atoms with E-state index in [1.807, 2.05) is 24.3 Å². The van der Waals surface area contributed by atoms with Gasteiger partial charge in [0.05, 0.1) is 6.10 Å². The third-order valence-corrected chi connectivity index (χ3v) is 3.43. The predicted molar refractivity (Wildman–Crippen MR) is 64.9 cm³/mol. The molecule has 0 amide bonds. The van der Waals surface area contributed by atoms with Gasteiger partial charge >= 0.3 is 0 Å². The lowest BCUT2D eigenvalue weighted by molar-refractivity contribution is 0.113. The topological polar surface area (TPSA) is 49.5 Å². The van der Waals surface area contributed by atoms with Crippen LogP contribution in [0.25, 0.3) is 0 Å². The summed E-state index contributed by atoms with van der Waals surface area (Å²) in [4.78, 5) is 2.27. The van der Waals surface area contributed by atoms with E-state index in [1.54, 1.807) is 0 Å². The third kappa shape index (κ3) is 2.43. The van der Waals surface area contributed by atoms with Crippen molar-refractivity contribution in [3.63, 3.8) is 0 Å². The van der Waals surface area contributed by atoms with E-state index in [4.69, 9.17) is 5.73 Å². The molecule has 2 rings (SSSR count). The van der Waals surface area contributed by atoms with Gasteiger partial charge in [-0.2, -0.15) is 0 Å². The lowest BCUT2D eigenvalue weighted by atomic mass is 9.94. The van der Waals surface area contributed by atoms with Gasteiger partial charge in [-0.15, -0.1) is 0 Å². The zero-order valence-corrected chi connectivity index (χ0v) is 9.76. The summed E-state index contributed by atoms with van der Waals surface area (Å²) in [5.41, 5.74) is 7.67. The fourth-order valence-corrected chi connectivity index (χ4v) is 2.35. The number of nitrogens with zero attached hydrogens (tertiary/aromatic N) is 1. The molecular formula is C13H20N2O. The maximum Gasteiger partial charge on any atom is 0.0830 e. The first-order valence-corrected chi connectivity index (χ1v) is 5.86. The van der Waals surface area contributed by atoms with Crippen LogP contribution in [0.4, 0.5) is 0 Å². The first kappa shape index (κ1) is 11.6. The number of likely N-dealkylation sites (tertiary alicyclic amines) is 1. The number of benzene rings is 1. The number of aliphatic hydroxyl groups is 1. The van der Waals surface area contributed by atoms with Gasteiger partial charge in [-0.1, -0.05) is 24.3 Å². The van der Waals surface area contributed by atoms with Crippen LogP contribution < -0.4 is 5.73 Å². The summed E-state index contributed by atoms with van der Waals surface area (Å²) >= 11 is 0. The second-order valence-corrected chi connectivity index (χ2v) is 4.70. The van der Waals surface area contributed by atoms with Crippen LogP contribution in [0.15, 0.2) is 24.3 Å². The van der Waals surface area contributed by atoms with Gasteiger partial charge in [0.15, 0.2) is 0 Å². The molecule has 1 heterocycles. The van der Waals surface area contributed by atoms with E-state index in [-0.39, 0.29) is 6.10 Å². The Labute approximate surface area is 96.9 Å². The number of nitrogens with two attached hydrogens (primary N) is 1. The van der Waals surface area contributed by atoms with Crippen LogP contribution >= 0.6 is 0 Å². The zero-order chi connectivity index (χ0) is 11.5. The normalized spacial score (nSPS) is 23.6. The van der Waals surface area contributed by atoms with Gasteiger partial charge < -0.3 is 15.7 Å². The third-order valence-electron chi connectivity index (χ3n) is 3.43. The van der Waals surface area contributed by atoms with Crippen molar-refractivity contribution in [2.24, 2.45) is 11.7 Å². The van der Waals surface area contributed by atoms with Crippen LogP contribution in [-0.4, -0.2) is 30.1 Å². The van der Waals surface area contributed by atoms with Crippen LogP contribution in [0.2, 0.25) is 0 Å². The molecule has 2 atom stereocenters. The number of hydrogen-bond donors (Lipinski definition) is 2. The summed E-state index contributed by atoms with van der Waals surface area (Å²) in [7, 11) is 2.10. The smallest absolute Gasteiger partial charge is 0.0830 e. The Morgan fingerprint density at radius 3 is 2.62 bits per heavy atom. The highest BCUT2D eigenvalue weighted by Gasteiger charge is 2.27. The van der Waals surface area contributed by atoms with Gasteiger partial charge in [-0.05, 0) is 31.1 Å². The Morgan fingerprint density at radius 1 is 1.44 bits per heavy atom. The fraction of sp³-hybridized carbons (Fsp3) is 0.538.